The highest BCUT2D eigenvalue weighted by Crippen LogP contribution is 2.34. The molecule has 1 unspecified atom stereocenters. The molecule has 0 bridgehead atoms. The molecule has 2 aromatic carbocycles. The molecule has 1 aromatic heterocycles. The van der Waals surface area contributed by atoms with Gasteiger partial charge in [0.25, 0.3) is 5.91 Å². The number of carbonyl (C=O) groups is 1. The Balaban J connectivity index is 1.41. The Morgan fingerprint density at radius 2 is 2.00 bits per heavy atom. The zero-order valence-corrected chi connectivity index (χ0v) is 14.8. The van der Waals surface area contributed by atoms with E-state index >= 15 is 0 Å². The van der Waals surface area contributed by atoms with Crippen LogP contribution in [0, 0.1) is 0 Å². The average Bonchev–Trinajstić information content (AvgIpc) is 3.32. The minimum absolute atomic E-state index is 0.140. The van der Waals surface area contributed by atoms with Crippen LogP contribution in [0.3, 0.4) is 0 Å². The third-order valence-electron chi connectivity index (χ3n) is 4.01. The number of nitrogens with zero attached hydrogens (tertiary/aromatic N) is 3. The summed E-state index contributed by atoms with van der Waals surface area (Å²) in [6.07, 6.45) is 0.634. The summed E-state index contributed by atoms with van der Waals surface area (Å²) < 4.78 is 12.0. The molecule has 138 valence electrons. The molecule has 0 fully saturated rings. The van der Waals surface area contributed by atoms with Crippen molar-refractivity contribution >= 4 is 23.2 Å². The van der Waals surface area contributed by atoms with Gasteiger partial charge >= 0.3 is 0 Å². The third kappa shape index (κ3) is 3.86. The Bertz CT molecular complexity index is 974. The molecule has 2 heterocycles. The topological polar surface area (TPSA) is 98.5 Å². The van der Waals surface area contributed by atoms with Gasteiger partial charge in [0.15, 0.2) is 17.2 Å². The lowest BCUT2D eigenvalue weighted by Gasteiger charge is -2.11. The number of halogens is 1. The number of rotatable bonds is 5. The number of benzene rings is 2. The third-order valence-corrected chi connectivity index (χ3v) is 4.27. The molecule has 1 atom stereocenters. The minimum atomic E-state index is -0.839. The number of aromatic nitrogens is 3. The van der Waals surface area contributed by atoms with E-state index in [4.69, 9.17) is 21.1 Å². The predicted octanol–water partition coefficient (Wildman–Crippen LogP) is 2.65. The van der Waals surface area contributed by atoms with E-state index in [9.17, 15) is 9.90 Å². The summed E-state index contributed by atoms with van der Waals surface area (Å²) in [6.45, 7) is 0.310. The van der Waals surface area contributed by atoms with Crippen molar-refractivity contribution in [3.05, 3.63) is 64.9 Å². The lowest BCUT2D eigenvalue weighted by atomic mass is 10.1. The fourth-order valence-corrected chi connectivity index (χ4v) is 2.75. The van der Waals surface area contributed by atoms with Crippen LogP contribution in [0.5, 0.6) is 11.5 Å². The van der Waals surface area contributed by atoms with Crippen molar-refractivity contribution in [2.24, 2.45) is 0 Å². The lowest BCUT2D eigenvalue weighted by molar-refractivity contribution is 0.102. The van der Waals surface area contributed by atoms with E-state index in [0.29, 0.717) is 27.8 Å². The Labute approximate surface area is 159 Å². The van der Waals surface area contributed by atoms with Crippen molar-refractivity contribution in [3.8, 4) is 11.5 Å². The van der Waals surface area contributed by atoms with Gasteiger partial charge in [0.2, 0.25) is 6.79 Å². The van der Waals surface area contributed by atoms with Crippen LogP contribution in [-0.2, 0) is 6.54 Å². The fourth-order valence-electron chi connectivity index (χ4n) is 2.62. The molecule has 0 saturated carbocycles. The Morgan fingerprint density at radius 1 is 1.22 bits per heavy atom. The molecule has 1 aliphatic heterocycles. The predicted molar refractivity (Wildman–Crippen MR) is 97.0 cm³/mol. The molecular weight excluding hydrogens is 372 g/mol. The number of nitrogens with one attached hydrogen (secondary N) is 1. The van der Waals surface area contributed by atoms with E-state index in [1.807, 2.05) is 0 Å². The molecule has 0 aliphatic carbocycles. The van der Waals surface area contributed by atoms with Crippen LogP contribution in [0.1, 0.15) is 22.2 Å². The van der Waals surface area contributed by atoms with E-state index in [-0.39, 0.29) is 19.0 Å². The number of aliphatic hydroxyl groups excluding tert-OH is 1. The van der Waals surface area contributed by atoms with Gasteiger partial charge in [-0.3, -0.25) is 4.79 Å². The lowest BCUT2D eigenvalue weighted by Crippen LogP contribution is -2.12. The summed E-state index contributed by atoms with van der Waals surface area (Å²) in [5, 5.41) is 21.5. The van der Waals surface area contributed by atoms with Gasteiger partial charge in [-0.2, -0.15) is 0 Å². The molecule has 0 spiro atoms. The maximum atomic E-state index is 12.2. The highest BCUT2D eigenvalue weighted by molar-refractivity contribution is 6.30. The van der Waals surface area contributed by atoms with Gasteiger partial charge in [-0.05, 0) is 42.0 Å². The van der Waals surface area contributed by atoms with Gasteiger partial charge in [0, 0.05) is 10.7 Å². The highest BCUT2D eigenvalue weighted by atomic mass is 35.5. The van der Waals surface area contributed by atoms with Crippen LogP contribution in [0.15, 0.2) is 48.7 Å². The summed E-state index contributed by atoms with van der Waals surface area (Å²) in [7, 11) is 0. The monoisotopic (exact) mass is 386 g/mol. The first-order valence-electron chi connectivity index (χ1n) is 8.13. The molecular formula is C18H15ClN4O4. The van der Waals surface area contributed by atoms with Crippen molar-refractivity contribution in [2.75, 3.05) is 12.1 Å². The second-order valence-corrected chi connectivity index (χ2v) is 6.35. The molecule has 2 N–H and O–H groups in total. The van der Waals surface area contributed by atoms with Gasteiger partial charge < -0.3 is 19.9 Å². The first-order chi connectivity index (χ1) is 13.1. The quantitative estimate of drug-likeness (QED) is 0.699. The van der Waals surface area contributed by atoms with Crippen molar-refractivity contribution in [3.63, 3.8) is 0 Å². The zero-order valence-electron chi connectivity index (χ0n) is 14.0. The Hall–Kier alpha value is -3.10. The van der Waals surface area contributed by atoms with E-state index in [0.717, 1.165) is 0 Å². The summed E-state index contributed by atoms with van der Waals surface area (Å²) in [5.41, 5.74) is 1.39. The molecule has 1 amide bonds. The number of hydrogen-bond acceptors (Lipinski definition) is 6. The Morgan fingerprint density at radius 3 is 2.81 bits per heavy atom. The number of carbonyl (C=O) groups excluding carboxylic acids is 1. The van der Waals surface area contributed by atoms with Crippen molar-refractivity contribution < 1.29 is 19.4 Å². The standard InChI is InChI=1S/C18H15ClN4O4/c19-12-2-4-13(5-3-12)20-18(25)14-8-23(22-21-14)9-15(24)11-1-6-16-17(7-11)27-10-26-16/h1-8,15,24H,9-10H2,(H,20,25). The summed E-state index contributed by atoms with van der Waals surface area (Å²) >= 11 is 5.82. The smallest absolute Gasteiger partial charge is 0.277 e. The number of aliphatic hydroxyl groups is 1. The minimum Gasteiger partial charge on any atom is -0.454 e. The van der Waals surface area contributed by atoms with Gasteiger partial charge in [-0.15, -0.1) is 5.10 Å². The van der Waals surface area contributed by atoms with Crippen LogP contribution in [0.25, 0.3) is 0 Å². The van der Waals surface area contributed by atoms with E-state index in [1.165, 1.54) is 10.9 Å². The van der Waals surface area contributed by atoms with Crippen LogP contribution >= 0.6 is 11.6 Å². The SMILES string of the molecule is O=C(Nc1ccc(Cl)cc1)c1cn(CC(O)c2ccc3c(c2)OCO3)nn1. The number of ether oxygens (including phenoxy) is 2. The van der Waals surface area contributed by atoms with Gasteiger partial charge in [0.05, 0.1) is 18.8 Å². The Kier molecular flexibility index (Phi) is 4.66. The first kappa shape index (κ1) is 17.3. The molecule has 27 heavy (non-hydrogen) atoms. The second kappa shape index (κ2) is 7.26. The second-order valence-electron chi connectivity index (χ2n) is 5.92. The molecule has 0 saturated heterocycles. The van der Waals surface area contributed by atoms with Crippen LogP contribution < -0.4 is 14.8 Å². The summed E-state index contributed by atoms with van der Waals surface area (Å²) in [5.74, 6) is 0.835. The van der Waals surface area contributed by atoms with Crippen LogP contribution in [0.4, 0.5) is 5.69 Å². The average molecular weight is 387 g/mol. The maximum Gasteiger partial charge on any atom is 0.277 e. The number of amides is 1. The van der Waals surface area contributed by atoms with E-state index in [2.05, 4.69) is 15.6 Å². The van der Waals surface area contributed by atoms with Gasteiger partial charge in [-0.1, -0.05) is 22.9 Å². The van der Waals surface area contributed by atoms with E-state index in [1.54, 1.807) is 42.5 Å². The summed E-state index contributed by atoms with van der Waals surface area (Å²) in [6, 6.07) is 11.9. The largest absolute Gasteiger partial charge is 0.454 e. The molecule has 1 aliphatic rings. The molecule has 4 rings (SSSR count). The first-order valence-corrected chi connectivity index (χ1v) is 8.51. The highest BCUT2D eigenvalue weighted by Gasteiger charge is 2.18. The molecule has 0 radical (unpaired) electrons. The summed E-state index contributed by atoms with van der Waals surface area (Å²) in [4.78, 5) is 12.2. The molecule has 3 aromatic rings. The fraction of sp³-hybridized carbons (Fsp3) is 0.167. The number of anilines is 1. The van der Waals surface area contributed by atoms with Gasteiger partial charge in [0.1, 0.15) is 0 Å². The number of hydrogen-bond donors (Lipinski definition) is 2. The van der Waals surface area contributed by atoms with Crippen LogP contribution in [0.2, 0.25) is 5.02 Å². The molecule has 9 heteroatoms. The molecule has 8 nitrogen and oxygen atoms in total. The van der Waals surface area contributed by atoms with Crippen molar-refractivity contribution in [1.82, 2.24) is 15.0 Å². The van der Waals surface area contributed by atoms with Crippen molar-refractivity contribution in [1.29, 1.82) is 0 Å². The van der Waals surface area contributed by atoms with E-state index < -0.39 is 12.0 Å². The normalized spacial score (nSPS) is 13.4. The zero-order chi connectivity index (χ0) is 18.8. The van der Waals surface area contributed by atoms with Crippen LogP contribution in [-0.4, -0.2) is 32.8 Å². The van der Waals surface area contributed by atoms with Gasteiger partial charge in [-0.25, -0.2) is 4.68 Å². The maximum absolute atomic E-state index is 12.2. The van der Waals surface area contributed by atoms with Crippen molar-refractivity contribution in [2.45, 2.75) is 12.6 Å². The number of fused-ring (bicyclic) bond motifs is 1.